The summed E-state index contributed by atoms with van der Waals surface area (Å²) in [5, 5.41) is 12.2. The third-order valence-electron chi connectivity index (χ3n) is 5.39. The average molecular weight is 387 g/mol. The Morgan fingerprint density at radius 1 is 1.25 bits per heavy atom. The summed E-state index contributed by atoms with van der Waals surface area (Å²) in [6, 6.07) is 5.68. The molecule has 1 aromatic rings. The second kappa shape index (κ2) is 8.41. The minimum atomic E-state index is -0.996. The van der Waals surface area contributed by atoms with Gasteiger partial charge in [0.05, 0.1) is 5.92 Å². The van der Waals surface area contributed by atoms with Gasteiger partial charge in [0.1, 0.15) is 6.04 Å². The van der Waals surface area contributed by atoms with Gasteiger partial charge in [-0.3, -0.25) is 14.4 Å². The Balaban J connectivity index is 1.70. The van der Waals surface area contributed by atoms with Gasteiger partial charge in [0.25, 0.3) is 5.91 Å². The van der Waals surface area contributed by atoms with Gasteiger partial charge in [0, 0.05) is 37.3 Å². The minimum absolute atomic E-state index is 0.0311. The number of carbonyl (C=O) groups is 4. The Hall–Kier alpha value is -2.90. The first kappa shape index (κ1) is 19.9. The van der Waals surface area contributed by atoms with Gasteiger partial charge in [-0.25, -0.2) is 4.79 Å². The number of rotatable bonds is 5. The molecular weight excluding hydrogens is 362 g/mol. The van der Waals surface area contributed by atoms with Crippen molar-refractivity contribution in [1.82, 2.24) is 9.80 Å². The van der Waals surface area contributed by atoms with Crippen molar-refractivity contribution in [2.45, 2.75) is 38.6 Å². The van der Waals surface area contributed by atoms with Crippen molar-refractivity contribution in [3.63, 3.8) is 0 Å². The Morgan fingerprint density at radius 2 is 2.04 bits per heavy atom. The molecule has 2 fully saturated rings. The zero-order valence-corrected chi connectivity index (χ0v) is 15.9. The maximum absolute atomic E-state index is 12.8. The van der Waals surface area contributed by atoms with Crippen molar-refractivity contribution in [2.75, 3.05) is 25.0 Å². The largest absolute Gasteiger partial charge is 0.480 e. The number of piperidine rings is 1. The fraction of sp³-hybridized carbons (Fsp3) is 0.500. The molecule has 150 valence electrons. The molecule has 0 spiro atoms. The van der Waals surface area contributed by atoms with Crippen LogP contribution in [0.5, 0.6) is 0 Å². The number of benzene rings is 1. The van der Waals surface area contributed by atoms with E-state index in [2.05, 4.69) is 5.32 Å². The third-order valence-corrected chi connectivity index (χ3v) is 5.39. The number of hydrogen-bond acceptors (Lipinski definition) is 4. The normalized spacial score (nSPS) is 22.2. The molecule has 0 saturated carbocycles. The van der Waals surface area contributed by atoms with E-state index in [1.807, 2.05) is 6.92 Å². The first-order valence-corrected chi connectivity index (χ1v) is 9.63. The number of hydrogen-bond donors (Lipinski definition) is 2. The van der Waals surface area contributed by atoms with E-state index < -0.39 is 17.9 Å². The van der Waals surface area contributed by atoms with Crippen molar-refractivity contribution < 1.29 is 24.3 Å². The maximum atomic E-state index is 12.8. The van der Waals surface area contributed by atoms with Gasteiger partial charge >= 0.3 is 5.97 Å². The zero-order valence-electron chi connectivity index (χ0n) is 15.9. The number of aliphatic carboxylic acids is 1. The van der Waals surface area contributed by atoms with Crippen LogP contribution in [0.4, 0.5) is 5.69 Å². The van der Waals surface area contributed by atoms with Gasteiger partial charge < -0.3 is 20.2 Å². The predicted octanol–water partition coefficient (Wildman–Crippen LogP) is 1.57. The quantitative estimate of drug-likeness (QED) is 0.798. The number of likely N-dealkylation sites (tertiary alicyclic amines) is 2. The summed E-state index contributed by atoms with van der Waals surface area (Å²) in [5.74, 6) is -2.04. The number of nitrogens with one attached hydrogen (secondary N) is 1. The topological polar surface area (TPSA) is 107 Å². The molecule has 3 amide bonds. The van der Waals surface area contributed by atoms with Crippen LogP contribution in [0.2, 0.25) is 0 Å². The van der Waals surface area contributed by atoms with Crippen LogP contribution in [0.1, 0.15) is 43.0 Å². The van der Waals surface area contributed by atoms with E-state index in [9.17, 15) is 24.3 Å². The summed E-state index contributed by atoms with van der Waals surface area (Å²) < 4.78 is 0. The molecule has 0 aliphatic carbocycles. The smallest absolute Gasteiger partial charge is 0.326 e. The molecule has 0 bridgehead atoms. The molecule has 2 aliphatic heterocycles. The summed E-state index contributed by atoms with van der Waals surface area (Å²) >= 11 is 0. The molecule has 8 nitrogen and oxygen atoms in total. The first-order valence-electron chi connectivity index (χ1n) is 9.63. The first-order chi connectivity index (χ1) is 13.4. The summed E-state index contributed by atoms with van der Waals surface area (Å²) in [7, 11) is 0. The Labute approximate surface area is 163 Å². The molecule has 2 unspecified atom stereocenters. The molecular formula is C20H25N3O5. The van der Waals surface area contributed by atoms with E-state index in [4.69, 9.17) is 0 Å². The van der Waals surface area contributed by atoms with Gasteiger partial charge in [-0.2, -0.15) is 0 Å². The highest BCUT2D eigenvalue weighted by molar-refractivity contribution is 6.00. The highest BCUT2D eigenvalue weighted by Gasteiger charge is 2.34. The molecule has 2 heterocycles. The van der Waals surface area contributed by atoms with Crippen molar-refractivity contribution in [3.05, 3.63) is 29.8 Å². The van der Waals surface area contributed by atoms with Crippen LogP contribution >= 0.6 is 0 Å². The van der Waals surface area contributed by atoms with Crippen LogP contribution in [0, 0.1) is 5.92 Å². The molecule has 1 aromatic carbocycles. The summed E-state index contributed by atoms with van der Waals surface area (Å²) in [5.41, 5.74) is 0.797. The van der Waals surface area contributed by atoms with Gasteiger partial charge in [0.15, 0.2) is 0 Å². The summed E-state index contributed by atoms with van der Waals surface area (Å²) in [6.07, 6.45) is 2.19. The van der Waals surface area contributed by atoms with Crippen LogP contribution in [-0.4, -0.2) is 64.3 Å². The van der Waals surface area contributed by atoms with Crippen molar-refractivity contribution in [1.29, 1.82) is 0 Å². The lowest BCUT2D eigenvalue weighted by Crippen LogP contribution is -2.48. The lowest BCUT2D eigenvalue weighted by atomic mass is 10.0. The van der Waals surface area contributed by atoms with Crippen LogP contribution in [0.25, 0.3) is 0 Å². The molecule has 8 heteroatoms. The minimum Gasteiger partial charge on any atom is -0.480 e. The molecule has 2 saturated heterocycles. The highest BCUT2D eigenvalue weighted by atomic mass is 16.4. The fourth-order valence-corrected chi connectivity index (χ4v) is 3.82. The Bertz CT molecular complexity index is 794. The molecule has 0 aromatic heterocycles. The molecule has 28 heavy (non-hydrogen) atoms. The summed E-state index contributed by atoms with van der Waals surface area (Å²) in [4.78, 5) is 51.6. The monoisotopic (exact) mass is 387 g/mol. The van der Waals surface area contributed by atoms with Crippen molar-refractivity contribution in [2.24, 2.45) is 5.92 Å². The standard InChI is InChI=1S/C20H25N3O5/c1-2-22-12-14(11-17(22)24)18(25)21-15-7-5-6-13(10-15)19(26)23-9-4-3-8-16(23)20(27)28/h5-7,10,14,16H,2-4,8-9,11-12H2,1H3,(H,21,25)(H,27,28). The van der Waals surface area contributed by atoms with Gasteiger partial charge in [0.2, 0.25) is 11.8 Å². The number of anilines is 1. The van der Waals surface area contributed by atoms with E-state index in [0.29, 0.717) is 37.3 Å². The SMILES string of the molecule is CCN1CC(C(=O)Nc2cccc(C(=O)N3CCCCC3C(=O)O)c2)CC1=O. The zero-order chi connectivity index (χ0) is 20.3. The van der Waals surface area contributed by atoms with Gasteiger partial charge in [-0.1, -0.05) is 6.07 Å². The summed E-state index contributed by atoms with van der Waals surface area (Å²) in [6.45, 7) is 3.25. The molecule has 3 rings (SSSR count). The Morgan fingerprint density at radius 3 is 2.71 bits per heavy atom. The predicted molar refractivity (Wildman–Crippen MR) is 102 cm³/mol. The van der Waals surface area contributed by atoms with E-state index in [-0.39, 0.29) is 24.1 Å². The van der Waals surface area contributed by atoms with Gasteiger partial charge in [-0.05, 0) is 44.4 Å². The molecule has 2 aliphatic rings. The maximum Gasteiger partial charge on any atom is 0.326 e. The van der Waals surface area contributed by atoms with E-state index in [1.54, 1.807) is 29.2 Å². The molecule has 2 atom stereocenters. The number of carbonyl (C=O) groups excluding carboxylic acids is 3. The highest BCUT2D eigenvalue weighted by Crippen LogP contribution is 2.23. The number of carboxylic acid groups (broad SMARTS) is 1. The lowest BCUT2D eigenvalue weighted by Gasteiger charge is -2.33. The second-order valence-electron chi connectivity index (χ2n) is 7.25. The van der Waals surface area contributed by atoms with Gasteiger partial charge in [-0.15, -0.1) is 0 Å². The lowest BCUT2D eigenvalue weighted by molar-refractivity contribution is -0.143. The van der Waals surface area contributed by atoms with Crippen LogP contribution in [-0.2, 0) is 14.4 Å². The van der Waals surface area contributed by atoms with Crippen molar-refractivity contribution >= 4 is 29.4 Å². The number of carboxylic acids is 1. The number of nitrogens with zero attached hydrogens (tertiary/aromatic N) is 2. The fourth-order valence-electron chi connectivity index (χ4n) is 3.82. The van der Waals surface area contributed by atoms with Crippen LogP contribution in [0.3, 0.4) is 0 Å². The van der Waals surface area contributed by atoms with Crippen molar-refractivity contribution in [3.8, 4) is 0 Å². The van der Waals surface area contributed by atoms with E-state index in [1.165, 1.54) is 4.90 Å². The molecule has 2 N–H and O–H groups in total. The van der Waals surface area contributed by atoms with Crippen LogP contribution in [0.15, 0.2) is 24.3 Å². The Kier molecular flexibility index (Phi) is 5.96. The average Bonchev–Trinajstić information content (AvgIpc) is 3.08. The van der Waals surface area contributed by atoms with Crippen LogP contribution < -0.4 is 5.32 Å². The number of amides is 3. The second-order valence-corrected chi connectivity index (χ2v) is 7.25. The molecule has 0 radical (unpaired) electrons. The third kappa shape index (κ3) is 4.16. The van der Waals surface area contributed by atoms with E-state index >= 15 is 0 Å². The van der Waals surface area contributed by atoms with E-state index in [0.717, 1.165) is 12.8 Å².